The van der Waals surface area contributed by atoms with E-state index in [-0.39, 0.29) is 6.10 Å². The third-order valence-corrected chi connectivity index (χ3v) is 2.49. The molecule has 0 fully saturated rings. The van der Waals surface area contributed by atoms with Gasteiger partial charge >= 0.3 is 0 Å². The van der Waals surface area contributed by atoms with Crippen LogP contribution in [0.5, 0.6) is 0 Å². The van der Waals surface area contributed by atoms with Crippen LogP contribution in [0.15, 0.2) is 0 Å². The monoisotopic (exact) mass is 227 g/mol. The lowest BCUT2D eigenvalue weighted by Gasteiger charge is -2.28. The Balaban J connectivity index is 3.84. The minimum Gasteiger partial charge on any atom is -0.390 e. The first kappa shape index (κ1) is 15.4. The summed E-state index contributed by atoms with van der Waals surface area (Å²) in [7, 11) is 0. The van der Waals surface area contributed by atoms with E-state index in [1.54, 1.807) is 0 Å². The highest BCUT2D eigenvalue weighted by molar-refractivity contribution is 4.76. The van der Waals surface area contributed by atoms with Crippen LogP contribution in [0.3, 0.4) is 0 Å². The molecule has 0 bridgehead atoms. The molecule has 4 heteroatoms. The van der Waals surface area contributed by atoms with E-state index < -0.39 is 0 Å². The highest BCUT2D eigenvalue weighted by atomic mass is 16.3. The van der Waals surface area contributed by atoms with Crippen LogP contribution < -0.4 is 5.32 Å². The minimum absolute atomic E-state index is 0.354. The lowest BCUT2D eigenvalue weighted by Crippen LogP contribution is -2.42. The van der Waals surface area contributed by atoms with Crippen molar-refractivity contribution >= 4 is 0 Å². The maximum atomic E-state index is 9.81. The third kappa shape index (κ3) is 7.63. The summed E-state index contributed by atoms with van der Waals surface area (Å²) in [5.41, 5.74) is 0. The quantitative estimate of drug-likeness (QED) is 0.576. The van der Waals surface area contributed by atoms with Crippen LogP contribution in [0.1, 0.15) is 33.6 Å². The van der Waals surface area contributed by atoms with Crippen molar-refractivity contribution in [2.45, 2.75) is 45.8 Å². The second-order valence-corrected chi connectivity index (χ2v) is 4.35. The van der Waals surface area contributed by atoms with Crippen LogP contribution in [0, 0.1) is 11.3 Å². The number of nitrogens with zero attached hydrogens (tertiary/aromatic N) is 2. The van der Waals surface area contributed by atoms with Crippen molar-refractivity contribution < 1.29 is 5.11 Å². The topological polar surface area (TPSA) is 59.3 Å². The van der Waals surface area contributed by atoms with Crippen LogP contribution in [0.2, 0.25) is 0 Å². The summed E-state index contributed by atoms with van der Waals surface area (Å²) in [6, 6.07) is 2.51. The molecule has 0 aliphatic rings. The van der Waals surface area contributed by atoms with Gasteiger partial charge in [-0.25, -0.2) is 0 Å². The fourth-order valence-electron chi connectivity index (χ4n) is 1.53. The van der Waals surface area contributed by atoms with Crippen molar-refractivity contribution in [1.82, 2.24) is 10.2 Å². The van der Waals surface area contributed by atoms with Gasteiger partial charge in [-0.2, -0.15) is 5.26 Å². The molecule has 0 heterocycles. The zero-order chi connectivity index (χ0) is 12.4. The normalized spacial score (nSPS) is 13.1. The fourth-order valence-corrected chi connectivity index (χ4v) is 1.53. The van der Waals surface area contributed by atoms with Crippen LogP contribution in [-0.4, -0.2) is 48.3 Å². The van der Waals surface area contributed by atoms with E-state index in [9.17, 15) is 5.11 Å². The maximum absolute atomic E-state index is 9.81. The predicted octanol–water partition coefficient (Wildman–Crippen LogP) is 0.971. The lowest BCUT2D eigenvalue weighted by molar-refractivity contribution is 0.0960. The van der Waals surface area contributed by atoms with Crippen molar-refractivity contribution in [2.24, 2.45) is 0 Å². The molecule has 0 amide bonds. The Labute approximate surface area is 99.3 Å². The van der Waals surface area contributed by atoms with E-state index in [4.69, 9.17) is 5.26 Å². The van der Waals surface area contributed by atoms with Crippen molar-refractivity contribution in [3.8, 4) is 6.07 Å². The van der Waals surface area contributed by atoms with Gasteiger partial charge in [-0.3, -0.25) is 4.90 Å². The molecule has 0 aromatic carbocycles. The smallest absolute Gasteiger partial charge is 0.0791 e. The molecule has 16 heavy (non-hydrogen) atoms. The molecule has 1 atom stereocenters. The SMILES string of the molecule is CCCNCC(O)CN(CCC#N)C(C)C. The maximum Gasteiger partial charge on any atom is 0.0791 e. The zero-order valence-electron chi connectivity index (χ0n) is 10.7. The third-order valence-electron chi connectivity index (χ3n) is 2.49. The molecule has 0 aliphatic heterocycles. The first-order chi connectivity index (χ1) is 7.61. The molecule has 2 N–H and O–H groups in total. The van der Waals surface area contributed by atoms with E-state index >= 15 is 0 Å². The van der Waals surface area contributed by atoms with Gasteiger partial charge in [-0.1, -0.05) is 6.92 Å². The van der Waals surface area contributed by atoms with Crippen molar-refractivity contribution in [1.29, 1.82) is 5.26 Å². The first-order valence-electron chi connectivity index (χ1n) is 6.11. The number of hydrogen-bond acceptors (Lipinski definition) is 4. The number of aliphatic hydroxyl groups is 1. The number of aliphatic hydroxyl groups excluding tert-OH is 1. The summed E-state index contributed by atoms with van der Waals surface area (Å²) in [5.74, 6) is 0. The lowest BCUT2D eigenvalue weighted by atomic mass is 10.2. The van der Waals surface area contributed by atoms with Crippen LogP contribution in [0.25, 0.3) is 0 Å². The average molecular weight is 227 g/mol. The minimum atomic E-state index is -0.354. The van der Waals surface area contributed by atoms with Crippen LogP contribution >= 0.6 is 0 Å². The first-order valence-corrected chi connectivity index (χ1v) is 6.11. The van der Waals surface area contributed by atoms with Gasteiger partial charge in [-0.15, -0.1) is 0 Å². The fraction of sp³-hybridized carbons (Fsp3) is 0.917. The standard InChI is InChI=1S/C12H25N3O/c1-4-7-14-9-12(16)10-15(11(2)3)8-5-6-13/h11-12,14,16H,4-5,7-10H2,1-3H3. The summed E-state index contributed by atoms with van der Waals surface area (Å²) in [5, 5.41) is 21.6. The average Bonchev–Trinajstić information content (AvgIpc) is 2.24. The van der Waals surface area contributed by atoms with Crippen LogP contribution in [-0.2, 0) is 0 Å². The Bertz CT molecular complexity index is 201. The Kier molecular flexibility index (Phi) is 9.21. The summed E-state index contributed by atoms with van der Waals surface area (Å²) in [6.45, 7) is 9.22. The van der Waals surface area contributed by atoms with Crippen molar-refractivity contribution in [2.75, 3.05) is 26.2 Å². The molecule has 4 nitrogen and oxygen atoms in total. The van der Waals surface area contributed by atoms with E-state index in [1.165, 1.54) is 0 Å². The van der Waals surface area contributed by atoms with Gasteiger partial charge in [0.2, 0.25) is 0 Å². The summed E-state index contributed by atoms with van der Waals surface area (Å²) in [4.78, 5) is 2.14. The van der Waals surface area contributed by atoms with E-state index in [0.717, 1.165) is 19.5 Å². The van der Waals surface area contributed by atoms with Gasteiger partial charge in [0.05, 0.1) is 12.2 Å². The molecule has 0 saturated carbocycles. The van der Waals surface area contributed by atoms with Gasteiger partial charge < -0.3 is 10.4 Å². The molecule has 0 aliphatic carbocycles. The number of hydrogen-bond donors (Lipinski definition) is 2. The molecule has 0 rings (SSSR count). The second kappa shape index (κ2) is 9.59. The van der Waals surface area contributed by atoms with Crippen molar-refractivity contribution in [3.63, 3.8) is 0 Å². The number of rotatable bonds is 9. The predicted molar refractivity (Wildman–Crippen MR) is 66.1 cm³/mol. The van der Waals surface area contributed by atoms with Gasteiger partial charge in [-0.05, 0) is 26.8 Å². The van der Waals surface area contributed by atoms with E-state index in [0.29, 0.717) is 25.6 Å². The molecule has 0 aromatic heterocycles. The summed E-state index contributed by atoms with van der Waals surface area (Å²) < 4.78 is 0. The van der Waals surface area contributed by atoms with Gasteiger partial charge in [0.25, 0.3) is 0 Å². The molecule has 94 valence electrons. The molecule has 0 radical (unpaired) electrons. The molecule has 0 spiro atoms. The van der Waals surface area contributed by atoms with Gasteiger partial charge in [0, 0.05) is 32.1 Å². The second-order valence-electron chi connectivity index (χ2n) is 4.35. The molecule has 0 saturated heterocycles. The summed E-state index contributed by atoms with van der Waals surface area (Å²) >= 11 is 0. The molecular weight excluding hydrogens is 202 g/mol. The molecule has 0 aromatic rings. The summed E-state index contributed by atoms with van der Waals surface area (Å²) in [6.07, 6.45) is 1.25. The Morgan fingerprint density at radius 1 is 1.44 bits per heavy atom. The van der Waals surface area contributed by atoms with E-state index in [2.05, 4.69) is 37.1 Å². The number of nitriles is 1. The molecular formula is C12H25N3O. The van der Waals surface area contributed by atoms with E-state index in [1.807, 2.05) is 0 Å². The Hall–Kier alpha value is -0.630. The van der Waals surface area contributed by atoms with Gasteiger partial charge in [0.15, 0.2) is 0 Å². The highest BCUT2D eigenvalue weighted by Gasteiger charge is 2.13. The molecule has 1 unspecified atom stereocenters. The number of nitrogens with one attached hydrogen (secondary N) is 1. The van der Waals surface area contributed by atoms with Crippen molar-refractivity contribution in [3.05, 3.63) is 0 Å². The zero-order valence-corrected chi connectivity index (χ0v) is 10.7. The Morgan fingerprint density at radius 3 is 2.62 bits per heavy atom. The van der Waals surface area contributed by atoms with Crippen LogP contribution in [0.4, 0.5) is 0 Å². The largest absolute Gasteiger partial charge is 0.390 e. The van der Waals surface area contributed by atoms with Gasteiger partial charge in [0.1, 0.15) is 0 Å². The highest BCUT2D eigenvalue weighted by Crippen LogP contribution is 2.01. The Morgan fingerprint density at radius 2 is 2.12 bits per heavy atom.